The molecule has 0 saturated carbocycles. The van der Waals surface area contributed by atoms with E-state index in [4.69, 9.17) is 4.74 Å². The lowest BCUT2D eigenvalue weighted by atomic mass is 10.1. The minimum atomic E-state index is 0.0181. The highest BCUT2D eigenvalue weighted by molar-refractivity contribution is 7.98. The molecule has 3 rings (SSSR count). The second-order valence-corrected chi connectivity index (χ2v) is 6.17. The van der Waals surface area contributed by atoms with Crippen molar-refractivity contribution >= 4 is 17.7 Å². The Morgan fingerprint density at radius 3 is 2.91 bits per heavy atom. The summed E-state index contributed by atoms with van der Waals surface area (Å²) in [5.74, 6) is 0.830. The molecule has 1 saturated heterocycles. The Balaban J connectivity index is 1.69. The second kappa shape index (κ2) is 7.46. The third kappa shape index (κ3) is 3.82. The smallest absolute Gasteiger partial charge is 0.256 e. The highest BCUT2D eigenvalue weighted by atomic mass is 32.2. The molecule has 0 bridgehead atoms. The van der Waals surface area contributed by atoms with Gasteiger partial charge in [0, 0.05) is 25.1 Å². The van der Waals surface area contributed by atoms with Gasteiger partial charge in [-0.2, -0.15) is 0 Å². The minimum Gasteiger partial charge on any atom is -0.488 e. The average Bonchev–Trinajstić information content (AvgIpc) is 2.62. The van der Waals surface area contributed by atoms with Gasteiger partial charge < -0.3 is 9.64 Å². The average molecular weight is 329 g/mol. The maximum absolute atomic E-state index is 12.8. The van der Waals surface area contributed by atoms with E-state index in [1.165, 1.54) is 11.8 Å². The van der Waals surface area contributed by atoms with E-state index >= 15 is 0 Å². The van der Waals surface area contributed by atoms with Crippen LogP contribution < -0.4 is 4.74 Å². The van der Waals surface area contributed by atoms with E-state index in [1.54, 1.807) is 18.6 Å². The Morgan fingerprint density at radius 1 is 1.30 bits per heavy atom. The highest BCUT2D eigenvalue weighted by Gasteiger charge is 2.27. The van der Waals surface area contributed by atoms with Crippen LogP contribution in [0.25, 0.3) is 0 Å². The number of aromatic nitrogens is 2. The maximum atomic E-state index is 12.8. The van der Waals surface area contributed by atoms with Crippen LogP contribution in [0.5, 0.6) is 5.75 Å². The molecule has 0 spiro atoms. The first kappa shape index (κ1) is 15.8. The fraction of sp³-hybridized carbons (Fsp3) is 0.353. The van der Waals surface area contributed by atoms with Crippen LogP contribution in [0.15, 0.2) is 47.9 Å². The van der Waals surface area contributed by atoms with Gasteiger partial charge in [-0.15, -0.1) is 11.8 Å². The first-order chi connectivity index (χ1) is 11.3. The van der Waals surface area contributed by atoms with Gasteiger partial charge in [0.05, 0.1) is 12.1 Å². The molecule has 2 aromatic heterocycles. The number of nitrogens with zero attached hydrogens (tertiary/aromatic N) is 3. The number of hydrogen-bond donors (Lipinski definition) is 0. The lowest BCUT2D eigenvalue weighted by Gasteiger charge is -2.33. The summed E-state index contributed by atoms with van der Waals surface area (Å²) in [6.45, 7) is 1.36. The van der Waals surface area contributed by atoms with Crippen molar-refractivity contribution in [3.05, 3.63) is 48.4 Å². The molecule has 1 aliphatic heterocycles. The first-order valence-corrected chi connectivity index (χ1v) is 8.85. The van der Waals surface area contributed by atoms with E-state index in [-0.39, 0.29) is 12.0 Å². The van der Waals surface area contributed by atoms with E-state index in [1.807, 2.05) is 35.4 Å². The van der Waals surface area contributed by atoms with Crippen LogP contribution >= 0.6 is 11.8 Å². The number of piperidine rings is 1. The predicted octanol–water partition coefficient (Wildman–Crippen LogP) is 2.88. The Kier molecular flexibility index (Phi) is 5.12. The van der Waals surface area contributed by atoms with Crippen molar-refractivity contribution < 1.29 is 9.53 Å². The van der Waals surface area contributed by atoms with Crippen LogP contribution in [-0.2, 0) is 0 Å². The normalized spacial score (nSPS) is 17.8. The van der Waals surface area contributed by atoms with Gasteiger partial charge in [-0.3, -0.25) is 9.78 Å². The van der Waals surface area contributed by atoms with Crippen molar-refractivity contribution in [3.63, 3.8) is 0 Å². The third-order valence-electron chi connectivity index (χ3n) is 3.81. The second-order valence-electron chi connectivity index (χ2n) is 5.38. The topological polar surface area (TPSA) is 55.3 Å². The van der Waals surface area contributed by atoms with E-state index < -0.39 is 0 Å². The van der Waals surface area contributed by atoms with Gasteiger partial charge in [0.2, 0.25) is 0 Å². The summed E-state index contributed by atoms with van der Waals surface area (Å²) in [7, 11) is 0. The maximum Gasteiger partial charge on any atom is 0.256 e. The Bertz CT molecular complexity index is 666. The summed E-state index contributed by atoms with van der Waals surface area (Å²) in [5, 5.41) is 0.773. The molecule has 0 radical (unpaired) electrons. The molecular weight excluding hydrogens is 310 g/mol. The largest absolute Gasteiger partial charge is 0.488 e. The van der Waals surface area contributed by atoms with Crippen molar-refractivity contribution in [1.29, 1.82) is 0 Å². The van der Waals surface area contributed by atoms with Crippen molar-refractivity contribution in [2.45, 2.75) is 24.0 Å². The zero-order valence-electron chi connectivity index (χ0n) is 13.0. The van der Waals surface area contributed by atoms with E-state index in [2.05, 4.69) is 9.97 Å². The number of thioether (sulfide) groups is 1. The van der Waals surface area contributed by atoms with Gasteiger partial charge in [0.15, 0.2) is 0 Å². The van der Waals surface area contributed by atoms with E-state index in [0.717, 1.165) is 30.2 Å². The Morgan fingerprint density at radius 2 is 2.13 bits per heavy atom. The quantitative estimate of drug-likeness (QED) is 0.807. The number of likely N-dealkylation sites (tertiary alicyclic amines) is 1. The van der Waals surface area contributed by atoms with Gasteiger partial charge in [-0.1, -0.05) is 0 Å². The first-order valence-electron chi connectivity index (χ1n) is 7.63. The number of carbonyl (C=O) groups is 1. The minimum absolute atomic E-state index is 0.0181. The van der Waals surface area contributed by atoms with Crippen LogP contribution in [0.3, 0.4) is 0 Å². The van der Waals surface area contributed by atoms with Crippen LogP contribution in [-0.4, -0.2) is 46.2 Å². The summed E-state index contributed by atoms with van der Waals surface area (Å²) >= 11 is 1.49. The summed E-state index contributed by atoms with van der Waals surface area (Å²) in [5.41, 5.74) is 0.671. The number of hydrogen-bond acceptors (Lipinski definition) is 5. The fourth-order valence-corrected chi connectivity index (χ4v) is 3.26. The van der Waals surface area contributed by atoms with Crippen LogP contribution in [0.4, 0.5) is 0 Å². The van der Waals surface area contributed by atoms with E-state index in [0.29, 0.717) is 12.1 Å². The molecule has 1 amide bonds. The summed E-state index contributed by atoms with van der Waals surface area (Å²) < 4.78 is 5.97. The monoisotopic (exact) mass is 329 g/mol. The molecule has 6 heteroatoms. The van der Waals surface area contributed by atoms with Crippen molar-refractivity contribution in [2.24, 2.45) is 0 Å². The SMILES string of the molecule is CSc1ncccc1C(=O)N1CCCC(Oc2ccncc2)C1. The number of rotatable bonds is 4. The number of pyridine rings is 2. The van der Waals surface area contributed by atoms with Crippen molar-refractivity contribution in [2.75, 3.05) is 19.3 Å². The van der Waals surface area contributed by atoms with Gasteiger partial charge in [-0.25, -0.2) is 4.98 Å². The summed E-state index contributed by atoms with van der Waals surface area (Å²) in [6.07, 6.45) is 8.98. The van der Waals surface area contributed by atoms with Gasteiger partial charge in [-0.05, 0) is 43.4 Å². The molecule has 1 atom stereocenters. The summed E-state index contributed by atoms with van der Waals surface area (Å²) in [6, 6.07) is 7.33. The van der Waals surface area contributed by atoms with E-state index in [9.17, 15) is 4.79 Å². The molecule has 1 unspecified atom stereocenters. The fourth-order valence-electron chi connectivity index (χ4n) is 2.71. The highest BCUT2D eigenvalue weighted by Crippen LogP contribution is 2.22. The van der Waals surface area contributed by atoms with Crippen molar-refractivity contribution in [1.82, 2.24) is 14.9 Å². The molecule has 1 aliphatic rings. The zero-order valence-corrected chi connectivity index (χ0v) is 13.8. The van der Waals surface area contributed by atoms with Gasteiger partial charge >= 0.3 is 0 Å². The number of ether oxygens (including phenoxy) is 1. The molecule has 0 aromatic carbocycles. The zero-order chi connectivity index (χ0) is 16.1. The Hall–Kier alpha value is -2.08. The van der Waals surface area contributed by atoms with Crippen LogP contribution in [0, 0.1) is 0 Å². The lowest BCUT2D eigenvalue weighted by molar-refractivity contribution is 0.0534. The summed E-state index contributed by atoms with van der Waals surface area (Å²) in [4.78, 5) is 22.9. The third-order valence-corrected chi connectivity index (χ3v) is 4.52. The number of amides is 1. The van der Waals surface area contributed by atoms with Crippen molar-refractivity contribution in [3.8, 4) is 5.75 Å². The van der Waals surface area contributed by atoms with Gasteiger partial charge in [0.1, 0.15) is 16.9 Å². The molecule has 0 N–H and O–H groups in total. The lowest BCUT2D eigenvalue weighted by Crippen LogP contribution is -2.44. The molecular formula is C17H19N3O2S. The van der Waals surface area contributed by atoms with Crippen LogP contribution in [0.1, 0.15) is 23.2 Å². The molecule has 2 aromatic rings. The molecule has 0 aliphatic carbocycles. The standard InChI is InChI=1S/C17H19N3O2S/c1-23-16-15(5-2-8-19-16)17(21)20-11-3-4-14(12-20)22-13-6-9-18-10-7-13/h2,5-10,14H,3-4,11-12H2,1H3. The molecule has 120 valence electrons. The Labute approximate surface area is 140 Å². The number of carbonyl (C=O) groups excluding carboxylic acids is 1. The molecule has 1 fully saturated rings. The molecule has 3 heterocycles. The van der Waals surface area contributed by atoms with Gasteiger partial charge in [0.25, 0.3) is 5.91 Å². The molecule has 5 nitrogen and oxygen atoms in total. The molecule has 23 heavy (non-hydrogen) atoms. The van der Waals surface area contributed by atoms with Crippen LogP contribution in [0.2, 0.25) is 0 Å². The predicted molar refractivity (Wildman–Crippen MR) is 89.8 cm³/mol.